The molecule has 7 heteroatoms. The molecule has 1 aromatic carbocycles. The first kappa shape index (κ1) is 21.2. The monoisotopic (exact) mass is 418 g/mol. The van der Waals surface area contributed by atoms with Gasteiger partial charge < -0.3 is 14.6 Å². The van der Waals surface area contributed by atoms with Crippen molar-refractivity contribution in [2.75, 3.05) is 6.61 Å². The quantitative estimate of drug-likeness (QED) is 0.361. The zero-order chi connectivity index (χ0) is 19.0. The smallest absolute Gasteiger partial charge is 0.310 e. The second-order valence-corrected chi connectivity index (χ2v) is 6.03. The van der Waals surface area contributed by atoms with Gasteiger partial charge in [0.25, 0.3) is 0 Å². The molecule has 138 valence electrons. The number of halogens is 3. The van der Waals surface area contributed by atoms with Crippen molar-refractivity contribution in [3.8, 4) is 5.75 Å². The first-order chi connectivity index (χ1) is 11.8. The highest BCUT2D eigenvalue weighted by atomic mass is 79.9. The third-order valence-corrected chi connectivity index (χ3v) is 3.92. The standard InChI is InChI=1S/C18H21BrF2O4/c1-4-16(22)14(19)10-15(21)11(3)25-17-9-13(20)7-6-12(17)8-18(23)24-5-2/h6-7,9-11,22H,4-5,8H2,1-3H3/b15-10-,16-14-/t11-/m1/s1. The fraction of sp³-hybridized carbons (Fsp3) is 0.389. The largest absolute Gasteiger partial charge is 0.511 e. The van der Waals surface area contributed by atoms with E-state index < -0.39 is 23.7 Å². The third kappa shape index (κ3) is 6.86. The molecule has 1 atom stereocenters. The molecule has 0 saturated heterocycles. The number of ether oxygens (including phenoxy) is 2. The number of aliphatic hydroxyl groups is 1. The summed E-state index contributed by atoms with van der Waals surface area (Å²) < 4.78 is 38.2. The first-order valence-corrected chi connectivity index (χ1v) is 8.63. The van der Waals surface area contributed by atoms with Gasteiger partial charge in [0.15, 0.2) is 0 Å². The van der Waals surface area contributed by atoms with E-state index in [-0.39, 0.29) is 29.0 Å². The van der Waals surface area contributed by atoms with E-state index in [0.29, 0.717) is 12.0 Å². The Morgan fingerprint density at radius 2 is 2.08 bits per heavy atom. The van der Waals surface area contributed by atoms with Gasteiger partial charge in [-0.1, -0.05) is 13.0 Å². The van der Waals surface area contributed by atoms with E-state index in [2.05, 4.69) is 15.9 Å². The van der Waals surface area contributed by atoms with Gasteiger partial charge in [-0.2, -0.15) is 0 Å². The Morgan fingerprint density at radius 1 is 1.40 bits per heavy atom. The van der Waals surface area contributed by atoms with Crippen LogP contribution in [0.25, 0.3) is 0 Å². The van der Waals surface area contributed by atoms with Crippen LogP contribution >= 0.6 is 15.9 Å². The predicted molar refractivity (Wildman–Crippen MR) is 94.9 cm³/mol. The summed E-state index contributed by atoms with van der Waals surface area (Å²) in [7, 11) is 0. The Hall–Kier alpha value is -1.89. The molecule has 4 nitrogen and oxygen atoms in total. The molecule has 25 heavy (non-hydrogen) atoms. The number of carbonyl (C=O) groups is 1. The Bertz CT molecular complexity index is 671. The summed E-state index contributed by atoms with van der Waals surface area (Å²) in [6.45, 7) is 5.06. The third-order valence-electron chi connectivity index (χ3n) is 3.24. The van der Waals surface area contributed by atoms with Crippen LogP contribution in [0.15, 0.2) is 40.3 Å². The van der Waals surface area contributed by atoms with Crippen LogP contribution < -0.4 is 4.74 Å². The number of allylic oxidation sites excluding steroid dienone is 3. The van der Waals surface area contributed by atoms with Gasteiger partial charge in [-0.25, -0.2) is 8.78 Å². The lowest BCUT2D eigenvalue weighted by Crippen LogP contribution is -2.15. The summed E-state index contributed by atoms with van der Waals surface area (Å²) in [5, 5.41) is 9.56. The zero-order valence-corrected chi connectivity index (χ0v) is 15.9. The average Bonchev–Trinajstić information content (AvgIpc) is 2.56. The summed E-state index contributed by atoms with van der Waals surface area (Å²) >= 11 is 3.07. The summed E-state index contributed by atoms with van der Waals surface area (Å²) in [4.78, 5) is 11.6. The van der Waals surface area contributed by atoms with Gasteiger partial charge in [0, 0.05) is 18.1 Å². The van der Waals surface area contributed by atoms with Crippen LogP contribution in [0, 0.1) is 5.82 Å². The van der Waals surface area contributed by atoms with Crippen molar-refractivity contribution < 1.29 is 28.2 Å². The molecule has 0 aliphatic carbocycles. The summed E-state index contributed by atoms with van der Waals surface area (Å²) in [6.07, 6.45) is 0.280. The lowest BCUT2D eigenvalue weighted by Gasteiger charge is -2.16. The second-order valence-electron chi connectivity index (χ2n) is 5.17. The molecule has 0 fully saturated rings. The molecule has 0 unspecified atom stereocenters. The SMILES string of the molecule is CCOC(=O)Cc1ccc(F)cc1O[C@H](C)/C(F)=C/C(Br)=C(/O)CC. The second kappa shape index (κ2) is 10.2. The number of rotatable bonds is 8. The first-order valence-electron chi connectivity index (χ1n) is 7.83. The lowest BCUT2D eigenvalue weighted by atomic mass is 10.1. The van der Waals surface area contributed by atoms with E-state index in [1.807, 2.05) is 0 Å². The van der Waals surface area contributed by atoms with Gasteiger partial charge in [-0.05, 0) is 41.9 Å². The van der Waals surface area contributed by atoms with Gasteiger partial charge in [0.1, 0.15) is 29.3 Å². The van der Waals surface area contributed by atoms with E-state index in [0.717, 1.165) is 12.1 Å². The van der Waals surface area contributed by atoms with Crippen molar-refractivity contribution in [3.63, 3.8) is 0 Å². The Labute approximate surface area is 154 Å². The molecular weight excluding hydrogens is 398 g/mol. The van der Waals surface area contributed by atoms with E-state index in [1.165, 1.54) is 19.1 Å². The Balaban J connectivity index is 2.99. The van der Waals surface area contributed by atoms with Gasteiger partial charge >= 0.3 is 5.97 Å². The molecule has 0 amide bonds. The van der Waals surface area contributed by atoms with Gasteiger partial charge in [0.2, 0.25) is 0 Å². The molecule has 0 radical (unpaired) electrons. The maximum absolute atomic E-state index is 14.2. The minimum atomic E-state index is -1.04. The molecule has 1 rings (SSSR count). The van der Waals surface area contributed by atoms with Crippen LogP contribution in [0.5, 0.6) is 5.75 Å². The van der Waals surface area contributed by atoms with E-state index >= 15 is 0 Å². The molecule has 0 bridgehead atoms. The molecule has 0 aliphatic heterocycles. The van der Waals surface area contributed by atoms with Crippen LogP contribution in [-0.2, 0) is 16.0 Å². The molecule has 0 heterocycles. The minimum absolute atomic E-state index is 0.00361. The summed E-state index contributed by atoms with van der Waals surface area (Å²) in [6, 6.07) is 3.68. The van der Waals surface area contributed by atoms with E-state index in [4.69, 9.17) is 9.47 Å². The number of benzene rings is 1. The Morgan fingerprint density at radius 3 is 2.68 bits per heavy atom. The molecule has 0 aliphatic rings. The number of carbonyl (C=O) groups excluding carboxylic acids is 1. The average molecular weight is 419 g/mol. The maximum Gasteiger partial charge on any atom is 0.310 e. The van der Waals surface area contributed by atoms with Crippen LogP contribution in [-0.4, -0.2) is 23.8 Å². The molecule has 1 N–H and O–H groups in total. The summed E-state index contributed by atoms with van der Waals surface area (Å²) in [5.74, 6) is -1.66. The van der Waals surface area contributed by atoms with Crippen molar-refractivity contribution in [2.24, 2.45) is 0 Å². The molecule has 0 saturated carbocycles. The Kier molecular flexibility index (Phi) is 8.61. The van der Waals surface area contributed by atoms with Crippen molar-refractivity contribution >= 4 is 21.9 Å². The van der Waals surface area contributed by atoms with Crippen molar-refractivity contribution in [1.29, 1.82) is 0 Å². The molecule has 0 aromatic heterocycles. The van der Waals surface area contributed by atoms with Gasteiger partial charge in [-0.3, -0.25) is 4.79 Å². The van der Waals surface area contributed by atoms with Crippen molar-refractivity contribution in [3.05, 3.63) is 51.7 Å². The van der Waals surface area contributed by atoms with Crippen molar-refractivity contribution in [2.45, 2.75) is 39.7 Å². The number of aliphatic hydroxyl groups excluding tert-OH is 1. The topological polar surface area (TPSA) is 55.8 Å². The highest BCUT2D eigenvalue weighted by Gasteiger charge is 2.17. The van der Waals surface area contributed by atoms with Crippen LogP contribution in [0.2, 0.25) is 0 Å². The van der Waals surface area contributed by atoms with Gasteiger partial charge in [0.05, 0.1) is 17.5 Å². The normalized spacial score (nSPS) is 13.9. The zero-order valence-electron chi connectivity index (χ0n) is 14.3. The number of esters is 1. The fourth-order valence-electron chi connectivity index (χ4n) is 1.89. The number of hydrogen-bond acceptors (Lipinski definition) is 4. The minimum Gasteiger partial charge on any atom is -0.511 e. The van der Waals surface area contributed by atoms with Crippen LogP contribution in [0.3, 0.4) is 0 Å². The van der Waals surface area contributed by atoms with Gasteiger partial charge in [-0.15, -0.1) is 0 Å². The number of hydrogen-bond donors (Lipinski definition) is 1. The lowest BCUT2D eigenvalue weighted by molar-refractivity contribution is -0.142. The van der Waals surface area contributed by atoms with E-state index in [9.17, 15) is 18.7 Å². The highest BCUT2D eigenvalue weighted by molar-refractivity contribution is 9.11. The molecule has 0 spiro atoms. The maximum atomic E-state index is 14.2. The fourth-order valence-corrected chi connectivity index (χ4v) is 2.39. The summed E-state index contributed by atoms with van der Waals surface area (Å²) in [5.41, 5.74) is 0.394. The van der Waals surface area contributed by atoms with Crippen LogP contribution in [0.1, 0.15) is 32.8 Å². The molecule has 1 aromatic rings. The van der Waals surface area contributed by atoms with Crippen molar-refractivity contribution in [1.82, 2.24) is 0 Å². The highest BCUT2D eigenvalue weighted by Crippen LogP contribution is 2.25. The van der Waals surface area contributed by atoms with E-state index in [1.54, 1.807) is 13.8 Å². The molecular formula is C18H21BrF2O4. The predicted octanol–water partition coefficient (Wildman–Crippen LogP) is 5.13. The van der Waals surface area contributed by atoms with Crippen LogP contribution in [0.4, 0.5) is 8.78 Å².